The van der Waals surface area contributed by atoms with E-state index in [-0.39, 0.29) is 18.0 Å². The van der Waals surface area contributed by atoms with Gasteiger partial charge in [0.15, 0.2) is 0 Å². The first-order valence-electron chi connectivity index (χ1n) is 4.89. The van der Waals surface area contributed by atoms with Crippen molar-refractivity contribution in [3.05, 3.63) is 32.8 Å². The van der Waals surface area contributed by atoms with Crippen LogP contribution >= 0.6 is 15.9 Å². The summed E-state index contributed by atoms with van der Waals surface area (Å²) < 4.78 is 5.80. The normalized spacial score (nSPS) is 13.7. The highest BCUT2D eigenvalue weighted by Crippen LogP contribution is 2.29. The molecular weight excluding hydrogens is 306 g/mol. The topological polar surface area (TPSA) is 121 Å². The van der Waals surface area contributed by atoms with E-state index in [1.807, 2.05) is 0 Å². The van der Waals surface area contributed by atoms with Gasteiger partial charge in [0.1, 0.15) is 17.9 Å². The monoisotopic (exact) mass is 317 g/mol. The van der Waals surface area contributed by atoms with Gasteiger partial charge >= 0.3 is 0 Å². The van der Waals surface area contributed by atoms with E-state index in [0.717, 1.165) is 0 Å². The second-order valence-corrected chi connectivity index (χ2v) is 4.80. The molecule has 0 saturated heterocycles. The van der Waals surface area contributed by atoms with Crippen LogP contribution in [0.2, 0.25) is 0 Å². The van der Waals surface area contributed by atoms with Crippen molar-refractivity contribution in [1.29, 1.82) is 0 Å². The van der Waals surface area contributed by atoms with Crippen LogP contribution < -0.4 is 16.2 Å². The molecule has 1 aromatic carbocycles. The molecule has 0 aliphatic rings. The number of ether oxygens (including phenoxy) is 1. The number of primary amides is 1. The summed E-state index contributed by atoms with van der Waals surface area (Å²) in [6, 6.07) is 4.04. The summed E-state index contributed by atoms with van der Waals surface area (Å²) in [6.07, 6.45) is 0. The van der Waals surface area contributed by atoms with Crippen LogP contribution in [-0.4, -0.2) is 23.0 Å². The summed E-state index contributed by atoms with van der Waals surface area (Å²) in [4.78, 5) is 21.1. The van der Waals surface area contributed by atoms with Gasteiger partial charge in [0.25, 0.3) is 5.69 Å². The molecule has 1 atom stereocenters. The Kier molecular flexibility index (Phi) is 4.25. The average molecular weight is 318 g/mol. The Morgan fingerprint density at radius 1 is 1.61 bits per heavy atom. The molecule has 0 fully saturated rings. The second-order valence-electron chi connectivity index (χ2n) is 3.94. The van der Waals surface area contributed by atoms with Crippen molar-refractivity contribution in [1.82, 2.24) is 0 Å². The number of hydrogen-bond acceptors (Lipinski definition) is 5. The quantitative estimate of drug-likeness (QED) is 0.618. The number of benzene rings is 1. The minimum absolute atomic E-state index is 0.119. The van der Waals surface area contributed by atoms with Crippen molar-refractivity contribution >= 4 is 27.5 Å². The maximum atomic E-state index is 11.0. The molecule has 0 saturated carbocycles. The first-order valence-corrected chi connectivity index (χ1v) is 5.69. The Morgan fingerprint density at radius 2 is 2.22 bits per heavy atom. The van der Waals surface area contributed by atoms with E-state index in [1.54, 1.807) is 0 Å². The Labute approximate surface area is 111 Å². The van der Waals surface area contributed by atoms with Gasteiger partial charge in [-0.25, -0.2) is 0 Å². The third-order valence-corrected chi connectivity index (χ3v) is 2.87. The summed E-state index contributed by atoms with van der Waals surface area (Å²) in [7, 11) is 0. The van der Waals surface area contributed by atoms with E-state index < -0.39 is 16.4 Å². The predicted molar refractivity (Wildman–Crippen MR) is 68.1 cm³/mol. The first kappa shape index (κ1) is 14.4. The number of carbonyl (C=O) groups excluding carboxylic acids is 1. The Morgan fingerprint density at radius 3 is 2.72 bits per heavy atom. The largest absolute Gasteiger partial charge is 0.490 e. The van der Waals surface area contributed by atoms with Crippen LogP contribution in [0.5, 0.6) is 5.75 Å². The number of non-ortho nitro benzene ring substituents is 1. The molecule has 8 heteroatoms. The summed E-state index contributed by atoms with van der Waals surface area (Å²) in [5, 5.41) is 10.6. The zero-order valence-electron chi connectivity index (χ0n) is 9.55. The van der Waals surface area contributed by atoms with Crippen LogP contribution in [0.15, 0.2) is 22.7 Å². The standard InChI is InChI=1S/C10H12BrN3O4/c1-10(13,9(12)15)5-18-8-4-6(14(16)17)2-3-7(8)11/h2-4H,5,13H2,1H3,(H2,12,15). The van der Waals surface area contributed by atoms with Crippen molar-refractivity contribution in [3.63, 3.8) is 0 Å². The zero-order valence-corrected chi connectivity index (χ0v) is 11.1. The van der Waals surface area contributed by atoms with E-state index in [9.17, 15) is 14.9 Å². The van der Waals surface area contributed by atoms with Gasteiger partial charge in [-0.1, -0.05) is 0 Å². The van der Waals surface area contributed by atoms with E-state index >= 15 is 0 Å². The van der Waals surface area contributed by atoms with Crippen molar-refractivity contribution in [2.24, 2.45) is 11.5 Å². The van der Waals surface area contributed by atoms with Crippen LogP contribution in [-0.2, 0) is 4.79 Å². The molecule has 1 amide bonds. The van der Waals surface area contributed by atoms with Crippen LogP contribution in [0.1, 0.15) is 6.92 Å². The van der Waals surface area contributed by atoms with Gasteiger partial charge in [0, 0.05) is 6.07 Å². The fourth-order valence-corrected chi connectivity index (χ4v) is 1.38. The van der Waals surface area contributed by atoms with Crippen LogP contribution in [0.3, 0.4) is 0 Å². The average Bonchev–Trinajstić information content (AvgIpc) is 2.27. The molecule has 0 aliphatic carbocycles. The number of rotatable bonds is 5. The Bertz CT molecular complexity index is 490. The molecule has 1 rings (SSSR count). The molecule has 0 bridgehead atoms. The maximum absolute atomic E-state index is 11.0. The van der Waals surface area contributed by atoms with E-state index in [1.165, 1.54) is 25.1 Å². The zero-order chi connectivity index (χ0) is 13.9. The lowest BCUT2D eigenvalue weighted by Crippen LogP contribution is -2.53. The van der Waals surface area contributed by atoms with Gasteiger partial charge in [-0.05, 0) is 28.9 Å². The van der Waals surface area contributed by atoms with Gasteiger partial charge in [-0.2, -0.15) is 0 Å². The highest BCUT2D eigenvalue weighted by molar-refractivity contribution is 9.10. The van der Waals surface area contributed by atoms with Gasteiger partial charge in [0.05, 0.1) is 15.5 Å². The number of nitro groups is 1. The molecule has 0 spiro atoms. The molecule has 1 unspecified atom stereocenters. The van der Waals surface area contributed by atoms with Crippen LogP contribution in [0.4, 0.5) is 5.69 Å². The smallest absolute Gasteiger partial charge is 0.273 e. The lowest BCUT2D eigenvalue weighted by Gasteiger charge is -2.21. The summed E-state index contributed by atoms with van der Waals surface area (Å²) in [6.45, 7) is 1.24. The minimum atomic E-state index is -1.34. The first-order chi connectivity index (χ1) is 8.24. The number of halogens is 1. The van der Waals surface area contributed by atoms with E-state index in [0.29, 0.717) is 4.47 Å². The number of nitro benzene ring substituents is 1. The third kappa shape index (κ3) is 3.41. The van der Waals surface area contributed by atoms with Gasteiger partial charge in [-0.3, -0.25) is 14.9 Å². The highest BCUT2D eigenvalue weighted by atomic mass is 79.9. The number of nitrogens with two attached hydrogens (primary N) is 2. The molecule has 0 heterocycles. The third-order valence-electron chi connectivity index (χ3n) is 2.22. The van der Waals surface area contributed by atoms with E-state index in [4.69, 9.17) is 16.2 Å². The molecule has 4 N–H and O–H groups in total. The van der Waals surface area contributed by atoms with Gasteiger partial charge < -0.3 is 16.2 Å². The van der Waals surface area contributed by atoms with Crippen molar-refractivity contribution < 1.29 is 14.5 Å². The molecule has 0 aromatic heterocycles. The van der Waals surface area contributed by atoms with Gasteiger partial charge in [-0.15, -0.1) is 0 Å². The molecule has 1 aromatic rings. The molecule has 98 valence electrons. The fraction of sp³-hybridized carbons (Fsp3) is 0.300. The minimum Gasteiger partial charge on any atom is -0.490 e. The fourth-order valence-electron chi connectivity index (χ4n) is 1.02. The number of amides is 1. The molecule has 7 nitrogen and oxygen atoms in total. The van der Waals surface area contributed by atoms with Crippen LogP contribution in [0.25, 0.3) is 0 Å². The summed E-state index contributed by atoms with van der Waals surface area (Å²) >= 11 is 3.18. The van der Waals surface area contributed by atoms with Crippen molar-refractivity contribution in [2.45, 2.75) is 12.5 Å². The van der Waals surface area contributed by atoms with Crippen molar-refractivity contribution in [2.75, 3.05) is 6.61 Å². The Hall–Kier alpha value is -1.67. The molecular formula is C10H12BrN3O4. The highest BCUT2D eigenvalue weighted by Gasteiger charge is 2.27. The number of nitrogens with zero attached hydrogens (tertiary/aromatic N) is 1. The maximum Gasteiger partial charge on any atom is 0.273 e. The Balaban J connectivity index is 2.88. The van der Waals surface area contributed by atoms with E-state index in [2.05, 4.69) is 15.9 Å². The number of hydrogen-bond donors (Lipinski definition) is 2. The summed E-state index contributed by atoms with van der Waals surface area (Å²) in [5.41, 5.74) is 9.23. The summed E-state index contributed by atoms with van der Waals surface area (Å²) in [5.74, 6) is -0.494. The lowest BCUT2D eigenvalue weighted by molar-refractivity contribution is -0.385. The second kappa shape index (κ2) is 5.32. The molecule has 18 heavy (non-hydrogen) atoms. The van der Waals surface area contributed by atoms with Crippen molar-refractivity contribution in [3.8, 4) is 5.75 Å². The molecule has 0 aliphatic heterocycles. The lowest BCUT2D eigenvalue weighted by atomic mass is 10.1. The predicted octanol–water partition coefficient (Wildman–Crippen LogP) is 0.939. The van der Waals surface area contributed by atoms with Gasteiger partial charge in [0.2, 0.25) is 5.91 Å². The SMILES string of the molecule is CC(N)(COc1cc([N+](=O)[O-])ccc1Br)C(N)=O. The van der Waals surface area contributed by atoms with Crippen LogP contribution in [0, 0.1) is 10.1 Å². The molecule has 0 radical (unpaired) electrons. The number of carbonyl (C=O) groups is 1.